The molecule has 0 radical (unpaired) electrons. The highest BCUT2D eigenvalue weighted by Crippen LogP contribution is 2.74. The molecule has 4 rings (SSSR count). The first-order valence-corrected chi connectivity index (χ1v) is 8.09. The molecule has 0 spiro atoms. The highest BCUT2D eigenvalue weighted by molar-refractivity contribution is 6.50. The van der Waals surface area contributed by atoms with Crippen LogP contribution < -0.4 is 0 Å². The SMILES string of the molecule is CC(C)OC(=O)C12CCC(B3OC(C)(C)C(C)(C)O3)(C1)C2. The summed E-state index contributed by atoms with van der Waals surface area (Å²) in [4.78, 5) is 12.3. The van der Waals surface area contributed by atoms with Gasteiger partial charge in [0, 0.05) is 5.31 Å². The van der Waals surface area contributed by atoms with Crippen LogP contribution in [0.15, 0.2) is 0 Å². The Kier molecular flexibility index (Phi) is 3.11. The third kappa shape index (κ3) is 2.07. The zero-order chi connectivity index (χ0) is 15.7. The van der Waals surface area contributed by atoms with Gasteiger partial charge in [-0.25, -0.2) is 0 Å². The lowest BCUT2D eigenvalue weighted by atomic mass is 9.44. The first kappa shape index (κ1) is 15.4. The van der Waals surface area contributed by atoms with E-state index < -0.39 is 0 Å². The van der Waals surface area contributed by atoms with Crippen LogP contribution in [0.4, 0.5) is 0 Å². The molecule has 0 amide bonds. The van der Waals surface area contributed by atoms with Crippen LogP contribution in [-0.4, -0.2) is 30.4 Å². The Hall–Kier alpha value is -0.545. The maximum absolute atomic E-state index is 12.3. The Labute approximate surface area is 128 Å². The fourth-order valence-electron chi connectivity index (χ4n) is 4.10. The summed E-state index contributed by atoms with van der Waals surface area (Å²) in [5.41, 5.74) is -0.870. The van der Waals surface area contributed by atoms with Gasteiger partial charge in [0.25, 0.3) is 0 Å². The van der Waals surface area contributed by atoms with Crippen molar-refractivity contribution in [1.29, 1.82) is 0 Å². The van der Waals surface area contributed by atoms with E-state index in [0.717, 1.165) is 25.7 Å². The molecule has 2 bridgehead atoms. The Morgan fingerprint density at radius 1 is 1.05 bits per heavy atom. The minimum atomic E-state index is -0.300. The monoisotopic (exact) mass is 294 g/mol. The Morgan fingerprint density at radius 2 is 1.57 bits per heavy atom. The smallest absolute Gasteiger partial charge is 0.463 e. The molecule has 0 aromatic heterocycles. The normalized spacial score (nSPS) is 39.5. The van der Waals surface area contributed by atoms with E-state index in [4.69, 9.17) is 14.0 Å². The average Bonchev–Trinajstić information content (AvgIpc) is 2.86. The molecule has 0 aromatic rings. The molecule has 0 aromatic carbocycles. The lowest BCUT2D eigenvalue weighted by Gasteiger charge is -2.46. The molecule has 4 aliphatic rings. The number of rotatable bonds is 3. The van der Waals surface area contributed by atoms with E-state index in [9.17, 15) is 4.79 Å². The van der Waals surface area contributed by atoms with Crippen LogP contribution in [0, 0.1) is 5.41 Å². The van der Waals surface area contributed by atoms with Gasteiger partial charge in [-0.3, -0.25) is 4.79 Å². The van der Waals surface area contributed by atoms with Crippen molar-refractivity contribution >= 4 is 13.1 Å². The maximum Gasteiger partial charge on any atom is 0.464 e. The third-order valence-corrected chi connectivity index (χ3v) is 6.01. The van der Waals surface area contributed by atoms with Crippen LogP contribution in [0.2, 0.25) is 5.31 Å². The first-order chi connectivity index (χ1) is 9.52. The van der Waals surface area contributed by atoms with Crippen LogP contribution in [0.3, 0.4) is 0 Å². The van der Waals surface area contributed by atoms with Gasteiger partial charge in [-0.05, 0) is 67.2 Å². The van der Waals surface area contributed by atoms with Gasteiger partial charge in [0.15, 0.2) is 0 Å². The van der Waals surface area contributed by atoms with Crippen molar-refractivity contribution in [2.45, 2.75) is 89.8 Å². The van der Waals surface area contributed by atoms with E-state index >= 15 is 0 Å². The molecule has 3 saturated carbocycles. The largest absolute Gasteiger partial charge is 0.464 e. The van der Waals surface area contributed by atoms with E-state index in [2.05, 4.69) is 27.7 Å². The Bertz CT molecular complexity index is 447. The minimum absolute atomic E-state index is 0.0149. The van der Waals surface area contributed by atoms with E-state index in [1.54, 1.807) is 0 Å². The van der Waals surface area contributed by atoms with Gasteiger partial charge in [-0.1, -0.05) is 0 Å². The van der Waals surface area contributed by atoms with Gasteiger partial charge >= 0.3 is 13.1 Å². The summed E-state index contributed by atoms with van der Waals surface area (Å²) in [5.74, 6) is -0.0258. The van der Waals surface area contributed by atoms with Gasteiger partial charge in [0.05, 0.1) is 22.7 Å². The Balaban J connectivity index is 1.71. The van der Waals surface area contributed by atoms with Crippen LogP contribution >= 0.6 is 0 Å². The van der Waals surface area contributed by atoms with Gasteiger partial charge in [0.1, 0.15) is 0 Å². The van der Waals surface area contributed by atoms with Crippen molar-refractivity contribution in [1.82, 2.24) is 0 Å². The quantitative estimate of drug-likeness (QED) is 0.591. The summed E-state index contributed by atoms with van der Waals surface area (Å²) < 4.78 is 17.9. The van der Waals surface area contributed by atoms with E-state index in [-0.39, 0.29) is 41.1 Å². The standard InChI is InChI=1S/C16H27BO4/c1-11(2)19-12(18)15-7-8-16(9-15,10-15)17-20-13(3,4)14(5,6)21-17/h11H,7-10H2,1-6H3. The maximum atomic E-state index is 12.3. The van der Waals surface area contributed by atoms with Gasteiger partial charge in [-0.2, -0.15) is 0 Å². The molecule has 1 saturated heterocycles. The summed E-state index contributed by atoms with van der Waals surface area (Å²) in [6, 6.07) is 0. The molecule has 0 N–H and O–H groups in total. The molecule has 4 fully saturated rings. The number of carbonyl (C=O) groups excluding carboxylic acids is 1. The number of hydrogen-bond acceptors (Lipinski definition) is 4. The van der Waals surface area contributed by atoms with Crippen molar-refractivity contribution in [3.05, 3.63) is 0 Å². The first-order valence-electron chi connectivity index (χ1n) is 8.09. The predicted octanol–water partition coefficient (Wildman–Crippen LogP) is 3.34. The van der Waals surface area contributed by atoms with E-state index in [0.29, 0.717) is 0 Å². The second-order valence-corrected chi connectivity index (χ2v) is 8.54. The third-order valence-electron chi connectivity index (χ3n) is 6.01. The number of esters is 1. The van der Waals surface area contributed by atoms with Gasteiger partial charge in [-0.15, -0.1) is 0 Å². The van der Waals surface area contributed by atoms with Crippen molar-refractivity contribution < 1.29 is 18.8 Å². The summed E-state index contributed by atoms with van der Waals surface area (Å²) in [7, 11) is -0.190. The summed E-state index contributed by atoms with van der Waals surface area (Å²) >= 11 is 0. The molecule has 21 heavy (non-hydrogen) atoms. The molecular weight excluding hydrogens is 267 g/mol. The molecule has 118 valence electrons. The fourth-order valence-corrected chi connectivity index (χ4v) is 4.10. The molecule has 4 nitrogen and oxygen atoms in total. The molecule has 1 aliphatic heterocycles. The van der Waals surface area contributed by atoms with E-state index in [1.165, 1.54) is 0 Å². The second-order valence-electron chi connectivity index (χ2n) is 8.54. The average molecular weight is 294 g/mol. The number of carbonyl (C=O) groups is 1. The zero-order valence-corrected chi connectivity index (χ0v) is 14.1. The van der Waals surface area contributed by atoms with Gasteiger partial charge < -0.3 is 14.0 Å². The lowest BCUT2D eigenvalue weighted by Crippen LogP contribution is -2.49. The summed E-state index contributed by atoms with van der Waals surface area (Å²) in [6.45, 7) is 12.1. The molecule has 5 heteroatoms. The Morgan fingerprint density at radius 3 is 2.05 bits per heavy atom. The van der Waals surface area contributed by atoms with Crippen molar-refractivity contribution in [3.63, 3.8) is 0 Å². The lowest BCUT2D eigenvalue weighted by molar-refractivity contribution is -0.164. The molecule has 0 atom stereocenters. The highest BCUT2D eigenvalue weighted by Gasteiger charge is 2.73. The number of ether oxygens (including phenoxy) is 1. The predicted molar refractivity (Wildman–Crippen MR) is 80.9 cm³/mol. The van der Waals surface area contributed by atoms with Crippen LogP contribution in [0.25, 0.3) is 0 Å². The van der Waals surface area contributed by atoms with Crippen molar-refractivity contribution in [2.24, 2.45) is 5.41 Å². The molecule has 1 heterocycles. The topological polar surface area (TPSA) is 44.8 Å². The van der Waals surface area contributed by atoms with Crippen LogP contribution in [0.5, 0.6) is 0 Å². The summed E-state index contributed by atoms with van der Waals surface area (Å²) in [6.07, 6.45) is 3.56. The molecule has 0 unspecified atom stereocenters. The van der Waals surface area contributed by atoms with Crippen LogP contribution in [0.1, 0.15) is 67.2 Å². The van der Waals surface area contributed by atoms with Crippen molar-refractivity contribution in [2.75, 3.05) is 0 Å². The van der Waals surface area contributed by atoms with Gasteiger partial charge in [0.2, 0.25) is 0 Å². The molecule has 3 aliphatic carbocycles. The number of hydrogen-bond donors (Lipinski definition) is 0. The second kappa shape index (κ2) is 4.26. The van der Waals surface area contributed by atoms with E-state index in [1.807, 2.05) is 13.8 Å². The minimum Gasteiger partial charge on any atom is -0.463 e. The number of fused-ring (bicyclic) bond motifs is 1. The zero-order valence-electron chi connectivity index (χ0n) is 14.1. The van der Waals surface area contributed by atoms with Crippen molar-refractivity contribution in [3.8, 4) is 0 Å². The highest BCUT2D eigenvalue weighted by atomic mass is 16.7. The molecular formula is C16H27BO4. The summed E-state index contributed by atoms with van der Waals surface area (Å²) in [5, 5.41) is 0.0149. The van der Waals surface area contributed by atoms with Crippen LogP contribution in [-0.2, 0) is 18.8 Å². The fraction of sp³-hybridized carbons (Fsp3) is 0.938.